The number of hydrogen-bond acceptors (Lipinski definition) is 6. The maximum absolute atomic E-state index is 13.5. The van der Waals surface area contributed by atoms with Gasteiger partial charge in [0, 0.05) is 6.54 Å². The molecule has 0 saturated heterocycles. The zero-order valence-corrected chi connectivity index (χ0v) is 21.2. The fourth-order valence-electron chi connectivity index (χ4n) is 5.24. The third-order valence-electron chi connectivity index (χ3n) is 6.87. The van der Waals surface area contributed by atoms with Gasteiger partial charge in [0.2, 0.25) is 0 Å². The second-order valence-corrected chi connectivity index (χ2v) is 10.2. The number of likely N-dealkylation sites (N-methyl/N-ethyl adjacent to an activating group) is 1. The molecule has 3 atom stereocenters. The van der Waals surface area contributed by atoms with Crippen LogP contribution in [0.3, 0.4) is 0 Å². The number of carboxylic acids is 1. The molecule has 2 aliphatic rings. The second kappa shape index (κ2) is 9.41. The van der Waals surface area contributed by atoms with Gasteiger partial charge in [-0.15, -0.1) is 0 Å². The summed E-state index contributed by atoms with van der Waals surface area (Å²) >= 11 is 0. The van der Waals surface area contributed by atoms with E-state index in [4.69, 9.17) is 14.2 Å². The molecule has 0 spiro atoms. The van der Waals surface area contributed by atoms with Gasteiger partial charge in [0.1, 0.15) is 11.6 Å². The highest BCUT2D eigenvalue weighted by Gasteiger charge is 2.45. The van der Waals surface area contributed by atoms with E-state index in [2.05, 4.69) is 6.07 Å². The van der Waals surface area contributed by atoms with E-state index in [1.165, 1.54) is 0 Å². The molecule has 0 aliphatic carbocycles. The smallest absolute Gasteiger partial charge is 0.410 e. The molecule has 1 N–H and O–H groups in total. The molecule has 188 valence electrons. The summed E-state index contributed by atoms with van der Waals surface area (Å²) in [5, 5.41) is 10.1. The molecule has 35 heavy (non-hydrogen) atoms. The summed E-state index contributed by atoms with van der Waals surface area (Å²) < 4.78 is 16.9. The maximum Gasteiger partial charge on any atom is 0.410 e. The van der Waals surface area contributed by atoms with Crippen molar-refractivity contribution in [2.45, 2.75) is 63.9 Å². The highest BCUT2D eigenvalue weighted by molar-refractivity contribution is 5.75. The molecule has 1 amide bonds. The van der Waals surface area contributed by atoms with Gasteiger partial charge in [-0.3, -0.25) is 14.6 Å². The number of methoxy groups -OCH3 is 2. The molecule has 8 heteroatoms. The lowest BCUT2D eigenvalue weighted by molar-refractivity contribution is -0.144. The lowest BCUT2D eigenvalue weighted by Gasteiger charge is -2.48. The minimum absolute atomic E-state index is 0.327. The maximum atomic E-state index is 13.5. The zero-order chi connectivity index (χ0) is 25.5. The van der Waals surface area contributed by atoms with Crippen LogP contribution in [0.1, 0.15) is 49.1 Å². The number of carbonyl (C=O) groups is 2. The fraction of sp³-hybridized carbons (Fsp3) is 0.481. The van der Waals surface area contributed by atoms with Crippen LogP contribution in [0, 0.1) is 0 Å². The normalized spacial score (nSPS) is 22.1. The fourth-order valence-corrected chi connectivity index (χ4v) is 5.24. The van der Waals surface area contributed by atoms with Gasteiger partial charge in [-0.1, -0.05) is 24.3 Å². The van der Waals surface area contributed by atoms with Crippen molar-refractivity contribution >= 4 is 12.1 Å². The second-order valence-electron chi connectivity index (χ2n) is 10.2. The van der Waals surface area contributed by atoms with Gasteiger partial charge < -0.3 is 19.3 Å². The summed E-state index contributed by atoms with van der Waals surface area (Å²) in [5.74, 6) is 0.216. The first kappa shape index (κ1) is 24.9. The molecule has 4 rings (SSSR count). The number of aliphatic carboxylic acids is 1. The van der Waals surface area contributed by atoms with Gasteiger partial charge in [0.05, 0.1) is 26.3 Å². The average molecular weight is 483 g/mol. The summed E-state index contributed by atoms with van der Waals surface area (Å²) in [7, 11) is 4.96. The van der Waals surface area contributed by atoms with Crippen molar-refractivity contribution in [2.24, 2.45) is 0 Å². The predicted octanol–water partition coefficient (Wildman–Crippen LogP) is 4.05. The number of carbonyl (C=O) groups excluding carboxylic acids is 1. The Hall–Kier alpha value is -3.26. The van der Waals surface area contributed by atoms with Crippen molar-refractivity contribution in [1.29, 1.82) is 0 Å². The highest BCUT2D eigenvalue weighted by Crippen LogP contribution is 2.44. The molecule has 0 saturated carbocycles. The molecule has 8 nitrogen and oxygen atoms in total. The predicted molar refractivity (Wildman–Crippen MR) is 131 cm³/mol. The van der Waals surface area contributed by atoms with E-state index < -0.39 is 23.7 Å². The Kier molecular flexibility index (Phi) is 6.68. The van der Waals surface area contributed by atoms with Crippen LogP contribution in [-0.4, -0.2) is 65.9 Å². The van der Waals surface area contributed by atoms with Crippen molar-refractivity contribution in [1.82, 2.24) is 9.80 Å². The molecule has 0 unspecified atom stereocenters. The van der Waals surface area contributed by atoms with Gasteiger partial charge in [0.25, 0.3) is 0 Å². The number of hydrogen-bond donors (Lipinski definition) is 1. The first-order chi connectivity index (χ1) is 16.5. The molecule has 2 aromatic carbocycles. The van der Waals surface area contributed by atoms with E-state index in [-0.39, 0.29) is 12.1 Å². The molecule has 0 fully saturated rings. The van der Waals surface area contributed by atoms with E-state index in [9.17, 15) is 14.7 Å². The number of ether oxygens (including phenoxy) is 3. The Bertz CT molecular complexity index is 1130. The standard InChI is InChI=1S/C27H34N2O6/c1-27(2,3)35-26(32)29-15-17-10-8-7-9-16(17)11-20(29)24-19-14-23(34-6)22(33-5)13-18(19)12-21(25(30)31)28(24)4/h7-10,13-14,20-21,24H,11-12,15H2,1-6H3,(H,30,31)/t20-,21+,24-/m1/s1. The van der Waals surface area contributed by atoms with Gasteiger partial charge in [-0.25, -0.2) is 4.79 Å². The van der Waals surface area contributed by atoms with Crippen LogP contribution in [0.4, 0.5) is 4.79 Å². The third kappa shape index (κ3) is 4.80. The first-order valence-electron chi connectivity index (χ1n) is 11.8. The average Bonchev–Trinajstić information content (AvgIpc) is 2.80. The van der Waals surface area contributed by atoms with Crippen molar-refractivity contribution in [2.75, 3.05) is 21.3 Å². The third-order valence-corrected chi connectivity index (χ3v) is 6.87. The first-order valence-corrected chi connectivity index (χ1v) is 11.8. The van der Waals surface area contributed by atoms with Gasteiger partial charge in [-0.05, 0) is 75.0 Å². The molecule has 0 aromatic heterocycles. The molecule has 0 radical (unpaired) electrons. The van der Waals surface area contributed by atoms with Crippen molar-refractivity contribution in [3.8, 4) is 11.5 Å². The van der Waals surface area contributed by atoms with Gasteiger partial charge >= 0.3 is 12.1 Å². The van der Waals surface area contributed by atoms with Crippen LogP contribution in [0.25, 0.3) is 0 Å². The van der Waals surface area contributed by atoms with Gasteiger partial charge in [-0.2, -0.15) is 0 Å². The molecule has 2 heterocycles. The van der Waals surface area contributed by atoms with Crippen LogP contribution >= 0.6 is 0 Å². The summed E-state index contributed by atoms with van der Waals surface area (Å²) in [4.78, 5) is 29.4. The number of amides is 1. The lowest BCUT2D eigenvalue weighted by atomic mass is 9.80. The molecule has 2 aliphatic heterocycles. The summed E-state index contributed by atoms with van der Waals surface area (Å²) in [5.41, 5.74) is 3.36. The number of rotatable bonds is 4. The zero-order valence-electron chi connectivity index (χ0n) is 21.2. The van der Waals surface area contributed by atoms with E-state index in [1.807, 2.05) is 63.1 Å². The van der Waals surface area contributed by atoms with Crippen LogP contribution < -0.4 is 9.47 Å². The van der Waals surface area contributed by atoms with Crippen LogP contribution in [0.15, 0.2) is 36.4 Å². The Morgan fingerprint density at radius 2 is 1.60 bits per heavy atom. The molecular formula is C27H34N2O6. The van der Waals surface area contributed by atoms with E-state index in [1.54, 1.807) is 19.1 Å². The number of benzene rings is 2. The lowest BCUT2D eigenvalue weighted by Crippen LogP contribution is -2.57. The highest BCUT2D eigenvalue weighted by atomic mass is 16.6. The monoisotopic (exact) mass is 482 g/mol. The van der Waals surface area contributed by atoms with Crippen LogP contribution in [-0.2, 0) is 28.9 Å². The van der Waals surface area contributed by atoms with Crippen molar-refractivity contribution in [3.05, 3.63) is 58.7 Å². The van der Waals surface area contributed by atoms with Crippen LogP contribution in [0.2, 0.25) is 0 Å². The SMILES string of the molecule is COc1cc2c(cc1OC)[C@H]([C@H]1Cc3ccccc3CN1C(=O)OC(C)(C)C)N(C)[C@H](C(=O)O)C2. The van der Waals surface area contributed by atoms with Crippen molar-refractivity contribution < 1.29 is 28.9 Å². The quantitative estimate of drug-likeness (QED) is 0.703. The van der Waals surface area contributed by atoms with Gasteiger partial charge in [0.15, 0.2) is 11.5 Å². The Labute approximate surface area is 206 Å². The Morgan fingerprint density at radius 3 is 2.20 bits per heavy atom. The number of nitrogens with zero attached hydrogens (tertiary/aromatic N) is 2. The number of carboxylic acid groups (broad SMARTS) is 1. The summed E-state index contributed by atoms with van der Waals surface area (Å²) in [6, 6.07) is 10.3. The van der Waals surface area contributed by atoms with E-state index in [0.717, 1.165) is 22.3 Å². The molecule has 2 aromatic rings. The summed E-state index contributed by atoms with van der Waals surface area (Å²) in [6.45, 7) is 5.92. The largest absolute Gasteiger partial charge is 0.493 e. The Morgan fingerprint density at radius 1 is 0.971 bits per heavy atom. The van der Waals surface area contributed by atoms with E-state index in [0.29, 0.717) is 30.9 Å². The minimum atomic E-state index is -0.905. The van der Waals surface area contributed by atoms with Crippen molar-refractivity contribution in [3.63, 3.8) is 0 Å². The Balaban J connectivity index is 1.86. The van der Waals surface area contributed by atoms with E-state index >= 15 is 0 Å². The summed E-state index contributed by atoms with van der Waals surface area (Å²) in [6.07, 6.45) is 0.489. The number of fused-ring (bicyclic) bond motifs is 2. The molecule has 0 bridgehead atoms. The van der Waals surface area contributed by atoms with Crippen LogP contribution in [0.5, 0.6) is 11.5 Å². The molecular weight excluding hydrogens is 448 g/mol. The topological polar surface area (TPSA) is 88.5 Å². The minimum Gasteiger partial charge on any atom is -0.493 e.